The van der Waals surface area contributed by atoms with Gasteiger partial charge in [0.2, 0.25) is 0 Å². The van der Waals surface area contributed by atoms with E-state index in [9.17, 15) is 0 Å². The Hall–Kier alpha value is -0.0800. The molecule has 1 aliphatic carbocycles. The number of hydrogen-bond donors (Lipinski definition) is 1. The van der Waals surface area contributed by atoms with Gasteiger partial charge in [0, 0.05) is 5.54 Å². The molecule has 0 unspecified atom stereocenters. The zero-order chi connectivity index (χ0) is 6.91. The molecule has 0 heterocycles. The highest BCUT2D eigenvalue weighted by molar-refractivity contribution is 4.87. The quantitative estimate of drug-likeness (QED) is 0.611. The minimum Gasteiger partial charge on any atom is -0.344 e. The molecule has 1 aliphatic rings. The summed E-state index contributed by atoms with van der Waals surface area (Å²) in [5, 5.41) is 0. The average molecular weight is 144 g/mol. The zero-order valence-electron chi connectivity index (χ0n) is 7.48. The van der Waals surface area contributed by atoms with Crippen LogP contribution >= 0.6 is 0 Å². The molecule has 10 heavy (non-hydrogen) atoms. The normalized spacial score (nSPS) is 22.8. The third kappa shape index (κ3) is 1.70. The fourth-order valence-electron chi connectivity index (χ4n) is 1.58. The van der Waals surface area contributed by atoms with Gasteiger partial charge in [0.1, 0.15) is 0 Å². The molecule has 0 radical (unpaired) electrons. The molecule has 2 nitrogen and oxygen atoms in total. The lowest BCUT2D eigenvalue weighted by atomic mass is 10.00. The van der Waals surface area contributed by atoms with E-state index in [2.05, 4.69) is 25.9 Å². The van der Waals surface area contributed by atoms with Crippen LogP contribution in [-0.4, -0.2) is 24.5 Å². The Morgan fingerprint density at radius 1 is 1.10 bits per heavy atom. The Kier molecular flexibility index (Phi) is 3.33. The summed E-state index contributed by atoms with van der Waals surface area (Å²) in [6.07, 6.45) is 5.63. The van der Waals surface area contributed by atoms with E-state index in [4.69, 9.17) is 0 Å². The number of rotatable bonds is 1. The van der Waals surface area contributed by atoms with Crippen LogP contribution < -0.4 is 6.15 Å². The summed E-state index contributed by atoms with van der Waals surface area (Å²) in [4.78, 5) is 2.36. The molecule has 0 saturated heterocycles. The maximum atomic E-state index is 2.36. The third-order valence-electron chi connectivity index (χ3n) is 2.76. The van der Waals surface area contributed by atoms with Crippen molar-refractivity contribution in [1.29, 1.82) is 0 Å². The Labute approximate surface area is 64.2 Å². The van der Waals surface area contributed by atoms with Crippen molar-refractivity contribution < 1.29 is 0 Å². The minimum atomic E-state index is 0. The molecule has 0 aromatic rings. The average Bonchev–Trinajstić information content (AvgIpc) is 2.16. The first kappa shape index (κ1) is 9.92. The molecular weight excluding hydrogens is 124 g/mol. The maximum absolute atomic E-state index is 2.36. The molecule has 0 spiro atoms. The predicted octanol–water partition coefficient (Wildman–Crippen LogP) is 2.04. The molecule has 62 valence electrons. The fraction of sp³-hybridized carbons (Fsp3) is 1.00. The van der Waals surface area contributed by atoms with E-state index in [0.717, 1.165) is 0 Å². The van der Waals surface area contributed by atoms with E-state index in [1.54, 1.807) is 0 Å². The molecule has 0 aliphatic heterocycles. The van der Waals surface area contributed by atoms with Gasteiger partial charge in [-0.1, -0.05) is 12.8 Å². The van der Waals surface area contributed by atoms with Crippen LogP contribution in [0.4, 0.5) is 0 Å². The molecule has 1 rings (SSSR count). The molecule has 1 fully saturated rings. The molecular formula is C8H20N2. The summed E-state index contributed by atoms with van der Waals surface area (Å²) in [5.41, 5.74) is 0.528. The van der Waals surface area contributed by atoms with Crippen LogP contribution in [0.2, 0.25) is 0 Å². The second kappa shape index (κ2) is 3.35. The first-order valence-corrected chi connectivity index (χ1v) is 3.83. The molecule has 1 saturated carbocycles. The van der Waals surface area contributed by atoms with Crippen molar-refractivity contribution in [3.05, 3.63) is 0 Å². The standard InChI is InChI=1S/C8H17N.H3N/c1-8(9(2)3)6-4-5-7-8;/h4-7H2,1-3H3;1H3. The van der Waals surface area contributed by atoms with Crippen LogP contribution in [0.3, 0.4) is 0 Å². The van der Waals surface area contributed by atoms with Crippen LogP contribution in [0, 0.1) is 0 Å². The van der Waals surface area contributed by atoms with Gasteiger partial charge in [-0.3, -0.25) is 0 Å². The lowest BCUT2D eigenvalue weighted by molar-refractivity contribution is 0.180. The van der Waals surface area contributed by atoms with E-state index in [1.807, 2.05) is 0 Å². The first-order chi connectivity index (χ1) is 4.15. The van der Waals surface area contributed by atoms with Gasteiger partial charge < -0.3 is 11.1 Å². The fourth-order valence-corrected chi connectivity index (χ4v) is 1.58. The van der Waals surface area contributed by atoms with E-state index in [-0.39, 0.29) is 6.15 Å². The van der Waals surface area contributed by atoms with Crippen molar-refractivity contribution in [3.63, 3.8) is 0 Å². The summed E-state index contributed by atoms with van der Waals surface area (Å²) < 4.78 is 0. The van der Waals surface area contributed by atoms with Gasteiger partial charge >= 0.3 is 0 Å². The Bertz CT molecular complexity index is 93.4. The zero-order valence-corrected chi connectivity index (χ0v) is 7.48. The van der Waals surface area contributed by atoms with Crippen LogP contribution in [0.25, 0.3) is 0 Å². The van der Waals surface area contributed by atoms with Crippen LogP contribution in [0.15, 0.2) is 0 Å². The molecule has 0 amide bonds. The van der Waals surface area contributed by atoms with E-state index in [1.165, 1.54) is 25.7 Å². The highest BCUT2D eigenvalue weighted by Gasteiger charge is 2.29. The Morgan fingerprint density at radius 2 is 1.50 bits per heavy atom. The van der Waals surface area contributed by atoms with Gasteiger partial charge in [-0.25, -0.2) is 0 Å². The van der Waals surface area contributed by atoms with Gasteiger partial charge in [0.05, 0.1) is 0 Å². The first-order valence-electron chi connectivity index (χ1n) is 3.83. The van der Waals surface area contributed by atoms with Gasteiger partial charge in [0.15, 0.2) is 0 Å². The van der Waals surface area contributed by atoms with Crippen molar-refractivity contribution >= 4 is 0 Å². The minimum absolute atomic E-state index is 0. The summed E-state index contributed by atoms with van der Waals surface area (Å²) >= 11 is 0. The third-order valence-corrected chi connectivity index (χ3v) is 2.76. The molecule has 0 aromatic heterocycles. The van der Waals surface area contributed by atoms with Gasteiger partial charge in [-0.2, -0.15) is 0 Å². The summed E-state index contributed by atoms with van der Waals surface area (Å²) in [7, 11) is 4.37. The molecule has 0 atom stereocenters. The number of hydrogen-bond acceptors (Lipinski definition) is 2. The molecule has 2 heteroatoms. The van der Waals surface area contributed by atoms with E-state index in [0.29, 0.717) is 5.54 Å². The van der Waals surface area contributed by atoms with Crippen molar-refractivity contribution in [3.8, 4) is 0 Å². The van der Waals surface area contributed by atoms with Crippen LogP contribution in [-0.2, 0) is 0 Å². The molecule has 0 aromatic carbocycles. The van der Waals surface area contributed by atoms with Crippen molar-refractivity contribution in [2.24, 2.45) is 0 Å². The summed E-state index contributed by atoms with van der Waals surface area (Å²) in [6.45, 7) is 2.36. The molecule has 0 bridgehead atoms. The maximum Gasteiger partial charge on any atom is 0.0175 e. The van der Waals surface area contributed by atoms with E-state index >= 15 is 0 Å². The second-order valence-electron chi connectivity index (χ2n) is 3.60. The van der Waals surface area contributed by atoms with Crippen LogP contribution in [0.5, 0.6) is 0 Å². The summed E-state index contributed by atoms with van der Waals surface area (Å²) in [5.74, 6) is 0. The van der Waals surface area contributed by atoms with Crippen molar-refractivity contribution in [2.45, 2.75) is 38.1 Å². The largest absolute Gasteiger partial charge is 0.344 e. The lowest BCUT2D eigenvalue weighted by Gasteiger charge is -2.31. The van der Waals surface area contributed by atoms with E-state index < -0.39 is 0 Å². The highest BCUT2D eigenvalue weighted by atomic mass is 15.1. The Morgan fingerprint density at radius 3 is 1.70 bits per heavy atom. The van der Waals surface area contributed by atoms with Crippen molar-refractivity contribution in [2.75, 3.05) is 14.1 Å². The number of nitrogens with zero attached hydrogens (tertiary/aromatic N) is 1. The second-order valence-corrected chi connectivity index (χ2v) is 3.60. The predicted molar refractivity (Wildman–Crippen MR) is 45.6 cm³/mol. The van der Waals surface area contributed by atoms with Gasteiger partial charge in [0.25, 0.3) is 0 Å². The molecule has 3 N–H and O–H groups in total. The monoisotopic (exact) mass is 144 g/mol. The lowest BCUT2D eigenvalue weighted by Crippen LogP contribution is -2.37. The smallest absolute Gasteiger partial charge is 0.0175 e. The highest BCUT2D eigenvalue weighted by Crippen LogP contribution is 2.32. The Balaban J connectivity index is 0.000000810. The van der Waals surface area contributed by atoms with Crippen LogP contribution in [0.1, 0.15) is 32.6 Å². The topological polar surface area (TPSA) is 38.2 Å². The SMILES string of the molecule is CN(C)C1(C)CCCC1.N. The van der Waals surface area contributed by atoms with Crippen molar-refractivity contribution in [1.82, 2.24) is 11.1 Å². The van der Waals surface area contributed by atoms with Gasteiger partial charge in [-0.15, -0.1) is 0 Å². The summed E-state index contributed by atoms with van der Waals surface area (Å²) in [6, 6.07) is 0. The van der Waals surface area contributed by atoms with Gasteiger partial charge in [-0.05, 0) is 33.9 Å².